The molecule has 1 atom stereocenters. The van der Waals surface area contributed by atoms with Crippen LogP contribution in [0.3, 0.4) is 0 Å². The van der Waals surface area contributed by atoms with Gasteiger partial charge in [0, 0.05) is 17.6 Å². The number of hydrogen-bond acceptors (Lipinski definition) is 3. The largest absolute Gasteiger partial charge is 0.387 e. The van der Waals surface area contributed by atoms with Gasteiger partial charge in [0.25, 0.3) is 0 Å². The second kappa shape index (κ2) is 6.44. The second-order valence-corrected chi connectivity index (χ2v) is 7.60. The quantitative estimate of drug-likeness (QED) is 0.833. The first kappa shape index (κ1) is 16.4. The molecular weight excluding hydrogens is 317 g/mol. The van der Waals surface area contributed by atoms with Crippen molar-refractivity contribution in [1.82, 2.24) is 4.31 Å². The topological polar surface area (TPSA) is 57.6 Å². The summed E-state index contributed by atoms with van der Waals surface area (Å²) in [7, 11) is -3.60. The number of halogens is 2. The molecule has 0 saturated heterocycles. The molecule has 0 unspecified atom stereocenters. The summed E-state index contributed by atoms with van der Waals surface area (Å²) in [6.07, 6.45) is 0.526. The number of benzene rings is 1. The first-order valence-electron chi connectivity index (χ1n) is 6.56. The average Bonchev–Trinajstić information content (AvgIpc) is 3.18. The Kier molecular flexibility index (Phi) is 5.03. The van der Waals surface area contributed by atoms with Crippen molar-refractivity contribution in [2.45, 2.75) is 25.0 Å². The molecular formula is C14H17ClFNO3S. The van der Waals surface area contributed by atoms with Gasteiger partial charge in [0.1, 0.15) is 5.82 Å². The van der Waals surface area contributed by atoms with E-state index in [4.69, 9.17) is 11.6 Å². The van der Waals surface area contributed by atoms with Crippen LogP contribution in [0.25, 0.3) is 0 Å². The third kappa shape index (κ3) is 4.51. The second-order valence-electron chi connectivity index (χ2n) is 5.14. The Hall–Kier alpha value is -0.950. The Morgan fingerprint density at radius 3 is 2.48 bits per heavy atom. The van der Waals surface area contributed by atoms with E-state index in [0.717, 1.165) is 12.8 Å². The molecule has 0 radical (unpaired) electrons. The molecule has 1 saturated carbocycles. The molecule has 1 aromatic carbocycles. The Morgan fingerprint density at radius 1 is 1.43 bits per heavy atom. The van der Waals surface area contributed by atoms with Crippen LogP contribution in [0.15, 0.2) is 35.9 Å². The number of hydrogen-bond donors (Lipinski definition) is 1. The van der Waals surface area contributed by atoms with Crippen LogP contribution in [-0.2, 0) is 10.0 Å². The fourth-order valence-electron chi connectivity index (χ4n) is 2.09. The lowest BCUT2D eigenvalue weighted by Gasteiger charge is -2.24. The first-order valence-corrected chi connectivity index (χ1v) is 8.54. The van der Waals surface area contributed by atoms with E-state index in [0.29, 0.717) is 5.56 Å². The van der Waals surface area contributed by atoms with Crippen LogP contribution >= 0.6 is 11.6 Å². The number of rotatable bonds is 7. The molecule has 0 aliphatic heterocycles. The van der Waals surface area contributed by atoms with Gasteiger partial charge in [0.15, 0.2) is 0 Å². The van der Waals surface area contributed by atoms with Gasteiger partial charge in [-0.05, 0) is 30.5 Å². The van der Waals surface area contributed by atoms with Gasteiger partial charge in [-0.25, -0.2) is 12.8 Å². The highest BCUT2D eigenvalue weighted by Gasteiger charge is 2.38. The predicted octanol–water partition coefficient (Wildman–Crippen LogP) is 2.41. The van der Waals surface area contributed by atoms with E-state index in [-0.39, 0.29) is 23.4 Å². The van der Waals surface area contributed by atoms with E-state index in [1.807, 2.05) is 0 Å². The molecule has 116 valence electrons. The summed E-state index contributed by atoms with van der Waals surface area (Å²) in [4.78, 5) is 0. The summed E-state index contributed by atoms with van der Waals surface area (Å²) >= 11 is 5.60. The van der Waals surface area contributed by atoms with Crippen molar-refractivity contribution < 1.29 is 17.9 Å². The lowest BCUT2D eigenvalue weighted by atomic mass is 10.1. The molecule has 1 aromatic rings. The van der Waals surface area contributed by atoms with Gasteiger partial charge in [-0.3, -0.25) is 0 Å². The van der Waals surface area contributed by atoms with E-state index < -0.39 is 21.9 Å². The van der Waals surface area contributed by atoms with Gasteiger partial charge in [0.2, 0.25) is 10.0 Å². The smallest absolute Gasteiger partial charge is 0.219 e. The standard InChI is InChI=1S/C14H17ClFNO3S/c1-10(15)9-21(19,20)17(13-6-7-13)8-14(18)11-2-4-12(16)5-3-11/h2-5,13-14,18H,1,6-9H2/t14-/m0/s1. The maximum absolute atomic E-state index is 12.9. The van der Waals surface area contributed by atoms with Gasteiger partial charge in [-0.1, -0.05) is 30.3 Å². The van der Waals surface area contributed by atoms with Crippen LogP contribution in [0, 0.1) is 5.82 Å². The van der Waals surface area contributed by atoms with Gasteiger partial charge >= 0.3 is 0 Å². The van der Waals surface area contributed by atoms with Crippen molar-refractivity contribution in [2.24, 2.45) is 0 Å². The Labute approximate surface area is 128 Å². The molecule has 21 heavy (non-hydrogen) atoms. The lowest BCUT2D eigenvalue weighted by Crippen LogP contribution is -2.38. The molecule has 1 aliphatic rings. The van der Waals surface area contributed by atoms with Crippen LogP contribution in [-0.4, -0.2) is 36.2 Å². The highest BCUT2D eigenvalue weighted by atomic mass is 35.5. The van der Waals surface area contributed by atoms with Crippen LogP contribution in [0.2, 0.25) is 0 Å². The Balaban J connectivity index is 2.13. The van der Waals surface area contributed by atoms with Gasteiger partial charge < -0.3 is 5.11 Å². The Bertz CT molecular complexity index is 614. The van der Waals surface area contributed by atoms with E-state index >= 15 is 0 Å². The summed E-state index contributed by atoms with van der Waals surface area (Å²) in [5.41, 5.74) is 0.474. The molecule has 1 fully saturated rings. The minimum atomic E-state index is -3.60. The van der Waals surface area contributed by atoms with Crippen LogP contribution in [0.4, 0.5) is 4.39 Å². The average molecular weight is 334 g/mol. The molecule has 0 amide bonds. The predicted molar refractivity (Wildman–Crippen MR) is 79.9 cm³/mol. The molecule has 0 heterocycles. The molecule has 1 N–H and O–H groups in total. The first-order chi connectivity index (χ1) is 9.79. The highest BCUT2D eigenvalue weighted by molar-refractivity contribution is 7.89. The fourth-order valence-corrected chi connectivity index (χ4v) is 4.10. The SMILES string of the molecule is C=C(Cl)CS(=O)(=O)N(C[C@H](O)c1ccc(F)cc1)C1CC1. The zero-order valence-corrected chi connectivity index (χ0v) is 12.9. The van der Waals surface area contributed by atoms with Crippen molar-refractivity contribution in [1.29, 1.82) is 0 Å². The molecule has 0 aromatic heterocycles. The number of nitrogens with zero attached hydrogens (tertiary/aromatic N) is 1. The molecule has 0 bridgehead atoms. The van der Waals surface area contributed by atoms with Crippen molar-refractivity contribution in [3.63, 3.8) is 0 Å². The molecule has 0 spiro atoms. The third-order valence-corrected chi connectivity index (χ3v) is 5.43. The minimum Gasteiger partial charge on any atom is -0.387 e. The summed E-state index contributed by atoms with van der Waals surface area (Å²) in [6, 6.07) is 5.25. The van der Waals surface area contributed by atoms with Crippen LogP contribution in [0.1, 0.15) is 24.5 Å². The third-order valence-electron chi connectivity index (χ3n) is 3.26. The van der Waals surface area contributed by atoms with Crippen molar-refractivity contribution in [3.05, 3.63) is 47.3 Å². The van der Waals surface area contributed by atoms with E-state index in [9.17, 15) is 17.9 Å². The molecule has 7 heteroatoms. The summed E-state index contributed by atoms with van der Waals surface area (Å²) in [6.45, 7) is 3.34. The molecule has 2 rings (SSSR count). The Morgan fingerprint density at radius 2 is 2.00 bits per heavy atom. The van der Waals surface area contributed by atoms with Gasteiger partial charge in [-0.2, -0.15) is 4.31 Å². The number of aliphatic hydroxyl groups is 1. The maximum Gasteiger partial charge on any atom is 0.219 e. The van der Waals surface area contributed by atoms with Gasteiger partial charge in [-0.15, -0.1) is 0 Å². The minimum absolute atomic E-state index is 0.0388. The zero-order valence-electron chi connectivity index (χ0n) is 11.4. The van der Waals surface area contributed by atoms with Crippen LogP contribution in [0.5, 0.6) is 0 Å². The number of aliphatic hydroxyl groups excluding tert-OH is 1. The normalized spacial score (nSPS) is 17.0. The van der Waals surface area contributed by atoms with E-state index in [1.54, 1.807) is 0 Å². The van der Waals surface area contributed by atoms with Crippen molar-refractivity contribution in [2.75, 3.05) is 12.3 Å². The molecule has 4 nitrogen and oxygen atoms in total. The highest BCUT2D eigenvalue weighted by Crippen LogP contribution is 2.32. The monoisotopic (exact) mass is 333 g/mol. The fraction of sp³-hybridized carbons (Fsp3) is 0.429. The summed E-state index contributed by atoms with van der Waals surface area (Å²) in [5, 5.41) is 10.2. The maximum atomic E-state index is 12.9. The zero-order chi connectivity index (χ0) is 15.6. The number of sulfonamides is 1. The van der Waals surface area contributed by atoms with Crippen molar-refractivity contribution >= 4 is 21.6 Å². The van der Waals surface area contributed by atoms with E-state index in [2.05, 4.69) is 6.58 Å². The summed E-state index contributed by atoms with van der Waals surface area (Å²) < 4.78 is 38.6. The lowest BCUT2D eigenvalue weighted by molar-refractivity contribution is 0.145. The van der Waals surface area contributed by atoms with Gasteiger partial charge in [0.05, 0.1) is 11.9 Å². The van der Waals surface area contributed by atoms with Crippen molar-refractivity contribution in [3.8, 4) is 0 Å². The molecule has 1 aliphatic carbocycles. The summed E-state index contributed by atoms with van der Waals surface area (Å²) in [5.74, 6) is -0.752. The van der Waals surface area contributed by atoms with Crippen LogP contribution < -0.4 is 0 Å². The van der Waals surface area contributed by atoms with E-state index in [1.165, 1.54) is 28.6 Å².